The summed E-state index contributed by atoms with van der Waals surface area (Å²) in [5.41, 5.74) is 3.28. The van der Waals surface area contributed by atoms with Crippen LogP contribution in [0, 0.1) is 0 Å². The van der Waals surface area contributed by atoms with Crippen LogP contribution >= 0.6 is 11.6 Å². The number of carbonyl (C=O) groups is 2. The summed E-state index contributed by atoms with van der Waals surface area (Å²) < 4.78 is 5.58. The molecule has 6 heteroatoms. The zero-order valence-electron chi connectivity index (χ0n) is 16.7. The molecule has 0 saturated carbocycles. The number of rotatable bonds is 4. The lowest BCUT2D eigenvalue weighted by Crippen LogP contribution is -2.07. The Bertz CT molecular complexity index is 1260. The molecule has 0 unspecified atom stereocenters. The van der Waals surface area contributed by atoms with E-state index < -0.39 is 11.9 Å². The summed E-state index contributed by atoms with van der Waals surface area (Å²) in [7, 11) is 0. The molecule has 1 aliphatic carbocycles. The van der Waals surface area contributed by atoms with Gasteiger partial charge in [0.15, 0.2) is 0 Å². The first-order valence-corrected chi connectivity index (χ1v) is 10.1. The monoisotopic (exact) mass is 444 g/mol. The fourth-order valence-corrected chi connectivity index (χ4v) is 3.75. The van der Waals surface area contributed by atoms with Gasteiger partial charge in [-0.2, -0.15) is 0 Å². The average molecular weight is 445 g/mol. The lowest BCUT2D eigenvalue weighted by atomic mass is 9.79. The zero-order chi connectivity index (χ0) is 22.7. The van der Waals surface area contributed by atoms with Crippen molar-refractivity contribution in [1.82, 2.24) is 0 Å². The van der Waals surface area contributed by atoms with Gasteiger partial charge in [0.05, 0.1) is 16.1 Å². The molecule has 0 aromatic heterocycles. The molecule has 0 amide bonds. The Kier molecular flexibility index (Phi) is 5.92. The second kappa shape index (κ2) is 8.96. The first-order valence-electron chi connectivity index (χ1n) is 9.67. The van der Waals surface area contributed by atoms with Gasteiger partial charge in [0, 0.05) is 5.56 Å². The van der Waals surface area contributed by atoms with E-state index in [4.69, 9.17) is 26.6 Å². The van der Waals surface area contributed by atoms with Crippen LogP contribution in [0.25, 0.3) is 22.3 Å². The number of aromatic carboxylic acids is 2. The number of carboxylic acid groups (broad SMARTS) is 2. The third-order valence-corrected chi connectivity index (χ3v) is 5.31. The van der Waals surface area contributed by atoms with Gasteiger partial charge in [-0.05, 0) is 59.2 Å². The maximum atomic E-state index is 11.0. The van der Waals surface area contributed by atoms with Gasteiger partial charge >= 0.3 is 11.9 Å². The fourth-order valence-electron chi connectivity index (χ4n) is 3.40. The molecule has 0 atom stereocenters. The highest BCUT2D eigenvalue weighted by Gasteiger charge is 2.28. The van der Waals surface area contributed by atoms with E-state index in [1.54, 1.807) is 18.2 Å². The molecule has 1 aliphatic rings. The fraction of sp³-hybridized carbons (Fsp3) is 0. The van der Waals surface area contributed by atoms with Crippen LogP contribution in [-0.2, 0) is 0 Å². The van der Waals surface area contributed by atoms with Crippen LogP contribution < -0.4 is 4.74 Å². The van der Waals surface area contributed by atoms with Gasteiger partial charge in [-0.1, -0.05) is 60.1 Å². The summed E-state index contributed by atoms with van der Waals surface area (Å²) in [5.74, 6) is -0.338. The molecule has 32 heavy (non-hydrogen) atoms. The number of para-hydroxylation sites is 2. The maximum absolute atomic E-state index is 11.0. The molecule has 4 aromatic carbocycles. The molecule has 0 saturated heterocycles. The SMILES string of the molecule is O=C(O)c1ccc2c(c1)-c1ccc(C(=O)O)c(Cl)c1-2.c1ccc(Oc2ccccc2)cc1. The zero-order valence-corrected chi connectivity index (χ0v) is 17.4. The van der Waals surface area contributed by atoms with E-state index in [2.05, 4.69) is 0 Å². The maximum Gasteiger partial charge on any atom is 0.337 e. The highest BCUT2D eigenvalue weighted by molar-refractivity contribution is 6.38. The minimum absolute atomic E-state index is 0.0494. The van der Waals surface area contributed by atoms with Gasteiger partial charge in [0.25, 0.3) is 0 Å². The van der Waals surface area contributed by atoms with E-state index in [1.807, 2.05) is 60.7 Å². The number of hydrogen-bond acceptors (Lipinski definition) is 3. The van der Waals surface area contributed by atoms with Gasteiger partial charge in [-0.25, -0.2) is 9.59 Å². The smallest absolute Gasteiger partial charge is 0.337 e. The Hall–Kier alpha value is -4.09. The number of hydrogen-bond donors (Lipinski definition) is 2. The molecule has 5 rings (SSSR count). The van der Waals surface area contributed by atoms with Gasteiger partial charge < -0.3 is 14.9 Å². The van der Waals surface area contributed by atoms with Crippen LogP contribution in [0.1, 0.15) is 20.7 Å². The minimum Gasteiger partial charge on any atom is -0.478 e. The largest absolute Gasteiger partial charge is 0.478 e. The van der Waals surface area contributed by atoms with Crippen LogP contribution in [0.4, 0.5) is 0 Å². The Morgan fingerprint density at radius 2 is 1.22 bits per heavy atom. The predicted octanol–water partition coefficient (Wildman–Crippen LogP) is 6.86. The molecule has 0 aliphatic heterocycles. The quantitative estimate of drug-likeness (QED) is 0.316. The summed E-state index contributed by atoms with van der Waals surface area (Å²) in [6.45, 7) is 0. The number of fused-ring (bicyclic) bond motifs is 4. The van der Waals surface area contributed by atoms with Gasteiger partial charge in [-0.15, -0.1) is 0 Å². The predicted molar refractivity (Wildman–Crippen MR) is 123 cm³/mol. The second-order valence-corrected chi connectivity index (χ2v) is 7.33. The van der Waals surface area contributed by atoms with Crippen molar-refractivity contribution in [3.63, 3.8) is 0 Å². The third-order valence-electron chi connectivity index (χ3n) is 4.92. The van der Waals surface area contributed by atoms with Crippen LogP contribution in [0.3, 0.4) is 0 Å². The summed E-state index contributed by atoms with van der Waals surface area (Å²) >= 11 is 6.08. The highest BCUT2D eigenvalue weighted by Crippen LogP contribution is 2.51. The van der Waals surface area contributed by atoms with E-state index in [9.17, 15) is 9.59 Å². The van der Waals surface area contributed by atoms with Crippen LogP contribution in [0.15, 0.2) is 91.0 Å². The van der Waals surface area contributed by atoms with Gasteiger partial charge in [0.1, 0.15) is 11.5 Å². The standard InChI is InChI=1S/C14H7ClO4.C12H10O/c15-12-9(14(18)19)4-3-8-10-5-6(13(16)17)1-2-7(10)11(8)12;1-3-7-11(8-4-1)13-12-9-5-2-6-10-12/h1-5H,(H,16,17)(H,18,19);1-10H. The van der Waals surface area contributed by atoms with Crippen molar-refractivity contribution in [2.75, 3.05) is 0 Å². The first-order chi connectivity index (χ1) is 15.5. The summed E-state index contributed by atoms with van der Waals surface area (Å²) in [4.78, 5) is 21.9. The lowest BCUT2D eigenvalue weighted by molar-refractivity contribution is 0.0686. The van der Waals surface area contributed by atoms with Crippen molar-refractivity contribution in [3.8, 4) is 33.8 Å². The Morgan fingerprint density at radius 3 is 1.75 bits per heavy atom. The molecule has 2 N–H and O–H groups in total. The van der Waals surface area contributed by atoms with Crippen molar-refractivity contribution in [3.05, 3.63) is 107 Å². The van der Waals surface area contributed by atoms with Crippen molar-refractivity contribution in [2.24, 2.45) is 0 Å². The van der Waals surface area contributed by atoms with Crippen molar-refractivity contribution >= 4 is 23.5 Å². The van der Waals surface area contributed by atoms with E-state index >= 15 is 0 Å². The second-order valence-electron chi connectivity index (χ2n) is 6.95. The molecule has 5 nitrogen and oxygen atoms in total. The summed E-state index contributed by atoms with van der Waals surface area (Å²) in [5, 5.41) is 18.1. The minimum atomic E-state index is -1.08. The molecule has 0 fully saturated rings. The molecule has 0 bridgehead atoms. The summed E-state index contributed by atoms with van der Waals surface area (Å²) in [6, 6.07) is 27.3. The summed E-state index contributed by atoms with van der Waals surface area (Å²) in [6.07, 6.45) is 0. The number of carboxylic acids is 2. The van der Waals surface area contributed by atoms with E-state index in [0.717, 1.165) is 28.2 Å². The third kappa shape index (κ3) is 4.19. The van der Waals surface area contributed by atoms with Crippen LogP contribution in [0.5, 0.6) is 11.5 Å². The molecular weight excluding hydrogens is 428 g/mol. The normalized spacial score (nSPS) is 10.5. The van der Waals surface area contributed by atoms with Crippen molar-refractivity contribution in [2.45, 2.75) is 0 Å². The first kappa shape index (κ1) is 21.2. The Balaban J connectivity index is 0.000000165. The highest BCUT2D eigenvalue weighted by atomic mass is 35.5. The van der Waals surface area contributed by atoms with Gasteiger partial charge in [-0.3, -0.25) is 0 Å². The van der Waals surface area contributed by atoms with Crippen molar-refractivity contribution in [1.29, 1.82) is 0 Å². The Labute approximate surface area is 189 Å². The topological polar surface area (TPSA) is 83.8 Å². The Morgan fingerprint density at radius 1 is 0.656 bits per heavy atom. The molecule has 0 heterocycles. The van der Waals surface area contributed by atoms with E-state index in [1.165, 1.54) is 12.1 Å². The number of halogens is 1. The molecule has 4 aromatic rings. The van der Waals surface area contributed by atoms with Crippen LogP contribution in [-0.4, -0.2) is 22.2 Å². The van der Waals surface area contributed by atoms with Crippen molar-refractivity contribution < 1.29 is 24.5 Å². The number of benzene rings is 4. The molecule has 158 valence electrons. The molecule has 0 spiro atoms. The van der Waals surface area contributed by atoms with Crippen LogP contribution in [0.2, 0.25) is 5.02 Å². The van der Waals surface area contributed by atoms with E-state index in [0.29, 0.717) is 5.56 Å². The average Bonchev–Trinajstić information content (AvgIpc) is 2.78. The molecular formula is C26H17ClO5. The van der Waals surface area contributed by atoms with Gasteiger partial charge in [0.2, 0.25) is 0 Å². The lowest BCUT2D eigenvalue weighted by Gasteiger charge is -2.26. The number of ether oxygens (including phenoxy) is 1. The van der Waals surface area contributed by atoms with E-state index in [-0.39, 0.29) is 16.1 Å². The molecule has 0 radical (unpaired) electrons.